The summed E-state index contributed by atoms with van der Waals surface area (Å²) in [6.07, 6.45) is 0. The topological polar surface area (TPSA) is 62.5 Å². The molecule has 0 saturated heterocycles. The number of rotatable bonds is 6. The van der Waals surface area contributed by atoms with Crippen LogP contribution in [0.25, 0.3) is 21.5 Å². The van der Waals surface area contributed by atoms with Gasteiger partial charge in [0.25, 0.3) is 5.91 Å². The third-order valence-corrected chi connectivity index (χ3v) is 6.15. The van der Waals surface area contributed by atoms with Crippen LogP contribution >= 0.6 is 23.7 Å². The van der Waals surface area contributed by atoms with E-state index in [2.05, 4.69) is 31.1 Å². The minimum absolute atomic E-state index is 0. The van der Waals surface area contributed by atoms with Crippen molar-refractivity contribution in [2.24, 2.45) is 0 Å². The zero-order chi connectivity index (χ0) is 21.3. The number of carbonyl (C=O) groups excluding carboxylic acids is 1. The maximum absolute atomic E-state index is 13.4. The van der Waals surface area contributed by atoms with Gasteiger partial charge in [-0.3, -0.25) is 9.69 Å². The maximum Gasteiger partial charge on any atom is 0.282 e. The second kappa shape index (κ2) is 9.60. The highest BCUT2D eigenvalue weighted by molar-refractivity contribution is 7.22. The van der Waals surface area contributed by atoms with Gasteiger partial charge < -0.3 is 9.42 Å². The molecule has 6 nitrogen and oxygen atoms in total. The molecule has 0 spiro atoms. The molecule has 0 aliphatic rings. The molecular weight excluding hydrogens is 432 g/mol. The van der Waals surface area contributed by atoms with Crippen LogP contribution in [0.1, 0.15) is 21.6 Å². The molecule has 0 aliphatic carbocycles. The number of thiazole rings is 1. The lowest BCUT2D eigenvalue weighted by molar-refractivity contribution is 0.0976. The molecule has 2 aromatic carbocycles. The van der Waals surface area contributed by atoms with Crippen LogP contribution in [0.4, 0.5) is 5.13 Å². The van der Waals surface area contributed by atoms with Crippen molar-refractivity contribution in [1.29, 1.82) is 0 Å². The van der Waals surface area contributed by atoms with E-state index in [-0.39, 0.29) is 24.0 Å². The number of benzene rings is 2. The Labute approximate surface area is 191 Å². The van der Waals surface area contributed by atoms with Crippen LogP contribution in [0.2, 0.25) is 0 Å². The Morgan fingerprint density at radius 2 is 1.81 bits per heavy atom. The summed E-state index contributed by atoms with van der Waals surface area (Å²) < 4.78 is 6.52. The van der Waals surface area contributed by atoms with Crippen molar-refractivity contribution >= 4 is 45.0 Å². The van der Waals surface area contributed by atoms with E-state index < -0.39 is 0 Å². The maximum atomic E-state index is 13.4. The SMILES string of the molecule is Cc1ccc2sc(N(CCN(C)C)C(=O)c3cc(-c4ccccc4)on3)nc2c1C.Cl. The molecule has 2 heterocycles. The number of nitrogens with zero attached hydrogens (tertiary/aromatic N) is 4. The highest BCUT2D eigenvalue weighted by atomic mass is 35.5. The molecule has 0 fully saturated rings. The van der Waals surface area contributed by atoms with Crippen LogP contribution < -0.4 is 4.90 Å². The molecule has 4 rings (SSSR count). The van der Waals surface area contributed by atoms with Gasteiger partial charge in [0.1, 0.15) is 0 Å². The zero-order valence-corrected chi connectivity index (χ0v) is 19.6. The van der Waals surface area contributed by atoms with Crippen molar-refractivity contribution in [3.05, 3.63) is 65.4 Å². The van der Waals surface area contributed by atoms with Gasteiger partial charge in [0.15, 0.2) is 16.6 Å². The first-order valence-corrected chi connectivity index (χ1v) is 10.6. The average Bonchev–Trinajstić information content (AvgIpc) is 3.39. The molecule has 8 heteroatoms. The summed E-state index contributed by atoms with van der Waals surface area (Å²) in [7, 11) is 3.97. The van der Waals surface area contributed by atoms with Crippen molar-refractivity contribution in [2.75, 3.05) is 32.1 Å². The zero-order valence-electron chi connectivity index (χ0n) is 18.0. The number of aromatic nitrogens is 2. The van der Waals surface area contributed by atoms with Crippen molar-refractivity contribution < 1.29 is 9.32 Å². The highest BCUT2D eigenvalue weighted by Crippen LogP contribution is 2.33. The third-order valence-electron chi connectivity index (χ3n) is 5.11. The number of aryl methyl sites for hydroxylation is 2. The number of fused-ring (bicyclic) bond motifs is 1. The van der Waals surface area contributed by atoms with Crippen LogP contribution in [-0.2, 0) is 0 Å². The molecule has 2 aromatic heterocycles. The predicted molar refractivity (Wildman–Crippen MR) is 129 cm³/mol. The van der Waals surface area contributed by atoms with Crippen LogP contribution in [0.15, 0.2) is 53.1 Å². The number of amides is 1. The van der Waals surface area contributed by atoms with Crippen LogP contribution in [-0.4, -0.2) is 48.1 Å². The molecule has 0 unspecified atom stereocenters. The molecule has 1 amide bonds. The van der Waals surface area contributed by atoms with Crippen molar-refractivity contribution in [3.8, 4) is 11.3 Å². The summed E-state index contributed by atoms with van der Waals surface area (Å²) in [6.45, 7) is 5.36. The van der Waals surface area contributed by atoms with Crippen LogP contribution in [0, 0.1) is 13.8 Å². The van der Waals surface area contributed by atoms with Gasteiger partial charge in [-0.1, -0.05) is 52.9 Å². The smallest absolute Gasteiger partial charge is 0.282 e. The van der Waals surface area contributed by atoms with E-state index in [1.807, 2.05) is 49.3 Å². The molecule has 0 N–H and O–H groups in total. The quantitative estimate of drug-likeness (QED) is 0.399. The largest absolute Gasteiger partial charge is 0.355 e. The first-order chi connectivity index (χ1) is 14.4. The van der Waals surface area contributed by atoms with Gasteiger partial charge in [0.05, 0.1) is 10.2 Å². The Morgan fingerprint density at radius 3 is 2.52 bits per heavy atom. The summed E-state index contributed by atoms with van der Waals surface area (Å²) in [5, 5.41) is 4.72. The summed E-state index contributed by atoms with van der Waals surface area (Å²) in [6, 6.07) is 15.5. The monoisotopic (exact) mass is 456 g/mol. The fourth-order valence-electron chi connectivity index (χ4n) is 3.17. The third kappa shape index (κ3) is 4.79. The van der Waals surface area contributed by atoms with Crippen molar-refractivity contribution in [3.63, 3.8) is 0 Å². The van der Waals surface area contributed by atoms with Gasteiger partial charge in [0.2, 0.25) is 0 Å². The van der Waals surface area contributed by atoms with E-state index in [0.29, 0.717) is 24.0 Å². The minimum Gasteiger partial charge on any atom is -0.355 e. The number of hydrogen-bond donors (Lipinski definition) is 0. The second-order valence-electron chi connectivity index (χ2n) is 7.55. The van der Waals surface area contributed by atoms with Crippen molar-refractivity contribution in [1.82, 2.24) is 15.0 Å². The van der Waals surface area contributed by atoms with Gasteiger partial charge in [-0.15, -0.1) is 12.4 Å². The molecule has 0 saturated carbocycles. The lowest BCUT2D eigenvalue weighted by Crippen LogP contribution is -2.36. The lowest BCUT2D eigenvalue weighted by atomic mass is 10.1. The highest BCUT2D eigenvalue weighted by Gasteiger charge is 2.25. The van der Waals surface area contributed by atoms with Gasteiger partial charge in [-0.25, -0.2) is 4.98 Å². The van der Waals surface area contributed by atoms with Gasteiger partial charge >= 0.3 is 0 Å². The summed E-state index contributed by atoms with van der Waals surface area (Å²) in [5.41, 5.74) is 4.44. The van der Waals surface area contributed by atoms with E-state index in [1.54, 1.807) is 11.0 Å². The summed E-state index contributed by atoms with van der Waals surface area (Å²) in [5.74, 6) is 0.360. The van der Waals surface area contributed by atoms with Gasteiger partial charge in [0, 0.05) is 24.7 Å². The van der Waals surface area contributed by atoms with E-state index >= 15 is 0 Å². The molecule has 0 bridgehead atoms. The number of likely N-dealkylation sites (N-methyl/N-ethyl adjacent to an activating group) is 1. The minimum atomic E-state index is -0.212. The Morgan fingerprint density at radius 1 is 1.06 bits per heavy atom. The normalized spacial score (nSPS) is 11.0. The molecule has 0 atom stereocenters. The van der Waals surface area contributed by atoms with Gasteiger partial charge in [-0.2, -0.15) is 0 Å². The lowest BCUT2D eigenvalue weighted by Gasteiger charge is -2.20. The van der Waals surface area contributed by atoms with E-state index in [4.69, 9.17) is 9.51 Å². The molecule has 0 aliphatic heterocycles. The standard InChI is InChI=1S/C23H24N4O2S.ClH/c1-15-10-11-20-21(16(15)2)24-23(30-20)27(13-12-26(3)4)22(28)18-14-19(29-25-18)17-8-6-5-7-9-17;/h5-11,14H,12-13H2,1-4H3;1H. The Hall–Kier alpha value is -2.74. The van der Waals surface area contributed by atoms with E-state index in [1.165, 1.54) is 16.9 Å². The fraction of sp³-hybridized carbons (Fsp3) is 0.261. The Kier molecular flexibility index (Phi) is 7.10. The molecule has 0 radical (unpaired) electrons. The first kappa shape index (κ1) is 22.9. The number of carbonyl (C=O) groups is 1. The van der Waals surface area contributed by atoms with Crippen molar-refractivity contribution in [2.45, 2.75) is 13.8 Å². The number of halogens is 1. The Bertz CT molecular complexity index is 1190. The number of hydrogen-bond acceptors (Lipinski definition) is 6. The predicted octanol–water partition coefficient (Wildman–Crippen LogP) is 5.20. The fourth-order valence-corrected chi connectivity index (χ4v) is 4.22. The molecular formula is C23H25ClN4O2S. The Balaban J connectivity index is 0.00000272. The van der Waals surface area contributed by atoms with Crippen LogP contribution in [0.3, 0.4) is 0 Å². The van der Waals surface area contributed by atoms with E-state index in [9.17, 15) is 4.79 Å². The summed E-state index contributed by atoms with van der Waals surface area (Å²) >= 11 is 1.52. The molecule has 31 heavy (non-hydrogen) atoms. The number of anilines is 1. The van der Waals surface area contributed by atoms with E-state index in [0.717, 1.165) is 21.3 Å². The second-order valence-corrected chi connectivity index (χ2v) is 8.56. The average molecular weight is 457 g/mol. The molecule has 4 aromatic rings. The summed E-state index contributed by atoms with van der Waals surface area (Å²) in [4.78, 5) is 21.9. The van der Waals surface area contributed by atoms with Gasteiger partial charge in [-0.05, 0) is 45.1 Å². The van der Waals surface area contributed by atoms with Crippen LogP contribution in [0.5, 0.6) is 0 Å². The first-order valence-electron chi connectivity index (χ1n) is 9.79. The molecule has 162 valence electrons.